The largest absolute Gasteiger partial charge is 0.466 e. The predicted octanol–water partition coefficient (Wildman–Crippen LogP) is 0.526. The Bertz CT molecular complexity index is 90.9. The van der Waals surface area contributed by atoms with Crippen LogP contribution in [0.2, 0.25) is 0 Å². The van der Waals surface area contributed by atoms with E-state index in [0.717, 1.165) is 6.42 Å². The van der Waals surface area contributed by atoms with Crippen LogP contribution in [0.3, 0.4) is 0 Å². The molecule has 59 valence electrons. The fourth-order valence-electron chi connectivity index (χ4n) is 0.472. The number of rotatable bonds is 5. The Hall–Kier alpha value is -0.570. The molecule has 0 aliphatic carbocycles. The number of carbonyl (C=O) groups excluding carboxylic acids is 1. The molecule has 0 aromatic rings. The zero-order valence-corrected chi connectivity index (χ0v) is 6.01. The number of unbranched alkanes of at least 4 members (excludes halogenated alkanes) is 1. The van der Waals surface area contributed by atoms with Crippen LogP contribution >= 0.6 is 0 Å². The van der Waals surface area contributed by atoms with E-state index in [1.54, 1.807) is 0 Å². The molecule has 0 spiro atoms. The molecule has 1 radical (unpaired) electrons. The van der Waals surface area contributed by atoms with E-state index in [1.165, 1.54) is 0 Å². The monoisotopic (exact) mass is 145 g/mol. The Morgan fingerprint density at radius 3 is 2.70 bits per heavy atom. The maximum Gasteiger partial charge on any atom is 0.305 e. The third-order valence-corrected chi connectivity index (χ3v) is 1.02. The third-order valence-electron chi connectivity index (χ3n) is 1.02. The SMILES string of the molecule is [CH2]CC(=O)OCCCCO. The van der Waals surface area contributed by atoms with Crippen LogP contribution in [0, 0.1) is 6.92 Å². The van der Waals surface area contributed by atoms with Gasteiger partial charge in [-0.1, -0.05) is 0 Å². The third kappa shape index (κ3) is 5.56. The zero-order chi connectivity index (χ0) is 7.82. The minimum absolute atomic E-state index is 0.155. The topological polar surface area (TPSA) is 46.5 Å². The van der Waals surface area contributed by atoms with E-state index in [1.807, 2.05) is 0 Å². The second-order valence-corrected chi connectivity index (χ2v) is 1.90. The fraction of sp³-hybridized carbons (Fsp3) is 0.714. The van der Waals surface area contributed by atoms with Crippen LogP contribution in [0.5, 0.6) is 0 Å². The summed E-state index contributed by atoms with van der Waals surface area (Å²) in [6.45, 7) is 3.91. The lowest BCUT2D eigenvalue weighted by atomic mass is 10.3. The van der Waals surface area contributed by atoms with Crippen LogP contribution in [0.25, 0.3) is 0 Å². The summed E-state index contributed by atoms with van der Waals surface area (Å²) in [5.41, 5.74) is 0. The molecule has 1 N–H and O–H groups in total. The molecule has 0 saturated heterocycles. The second-order valence-electron chi connectivity index (χ2n) is 1.90. The van der Waals surface area contributed by atoms with Crippen LogP contribution < -0.4 is 0 Å². The molecule has 0 atom stereocenters. The van der Waals surface area contributed by atoms with Crippen LogP contribution in [-0.2, 0) is 9.53 Å². The van der Waals surface area contributed by atoms with E-state index in [-0.39, 0.29) is 19.0 Å². The summed E-state index contributed by atoms with van der Waals surface area (Å²) in [6, 6.07) is 0. The maximum atomic E-state index is 10.4. The molecule has 10 heavy (non-hydrogen) atoms. The quantitative estimate of drug-likeness (QED) is 0.453. The molecule has 0 fully saturated rings. The van der Waals surface area contributed by atoms with Gasteiger partial charge in [-0.3, -0.25) is 4.79 Å². The number of hydrogen-bond donors (Lipinski definition) is 1. The maximum absolute atomic E-state index is 10.4. The van der Waals surface area contributed by atoms with Crippen LogP contribution in [-0.4, -0.2) is 24.3 Å². The van der Waals surface area contributed by atoms with Crippen molar-refractivity contribution in [2.75, 3.05) is 13.2 Å². The summed E-state index contributed by atoms with van der Waals surface area (Å²) in [6.07, 6.45) is 1.59. The van der Waals surface area contributed by atoms with Crippen molar-refractivity contribution in [3.8, 4) is 0 Å². The van der Waals surface area contributed by atoms with Gasteiger partial charge in [-0.05, 0) is 19.8 Å². The van der Waals surface area contributed by atoms with Crippen molar-refractivity contribution in [3.63, 3.8) is 0 Å². The lowest BCUT2D eigenvalue weighted by molar-refractivity contribution is -0.142. The number of esters is 1. The summed E-state index contributed by atoms with van der Waals surface area (Å²) in [5, 5.41) is 8.34. The molecule has 0 aromatic carbocycles. The number of hydrogen-bond acceptors (Lipinski definition) is 3. The van der Waals surface area contributed by atoms with Crippen LogP contribution in [0.4, 0.5) is 0 Å². The molecule has 0 heterocycles. The molecule has 0 unspecified atom stereocenters. The van der Waals surface area contributed by atoms with Gasteiger partial charge in [0.1, 0.15) is 0 Å². The highest BCUT2D eigenvalue weighted by molar-refractivity contribution is 5.69. The van der Waals surface area contributed by atoms with Crippen molar-refractivity contribution >= 4 is 5.97 Å². The average Bonchev–Trinajstić information content (AvgIpc) is 1.98. The highest BCUT2D eigenvalue weighted by Gasteiger charge is 1.95. The van der Waals surface area contributed by atoms with E-state index in [4.69, 9.17) is 5.11 Å². The first-order chi connectivity index (χ1) is 4.81. The standard InChI is InChI=1S/C7H13O3/c1-2-7(9)10-6-4-3-5-8/h8H,1-6H2. The molecule has 3 nitrogen and oxygen atoms in total. The van der Waals surface area contributed by atoms with Gasteiger partial charge >= 0.3 is 5.97 Å². The molecule has 0 rings (SSSR count). The zero-order valence-electron chi connectivity index (χ0n) is 6.01. The molecule has 0 bridgehead atoms. The molecule has 0 amide bonds. The van der Waals surface area contributed by atoms with Crippen molar-refractivity contribution in [1.29, 1.82) is 0 Å². The summed E-state index contributed by atoms with van der Waals surface area (Å²) in [5.74, 6) is -0.280. The van der Waals surface area contributed by atoms with Gasteiger partial charge in [0.05, 0.1) is 6.61 Å². The Morgan fingerprint density at radius 2 is 2.20 bits per heavy atom. The van der Waals surface area contributed by atoms with E-state index in [9.17, 15) is 4.79 Å². The highest BCUT2D eigenvalue weighted by atomic mass is 16.5. The van der Waals surface area contributed by atoms with Crippen molar-refractivity contribution in [2.45, 2.75) is 19.3 Å². The van der Waals surface area contributed by atoms with Gasteiger partial charge in [0.15, 0.2) is 0 Å². The minimum atomic E-state index is -0.280. The molecular formula is C7H13O3. The van der Waals surface area contributed by atoms with Gasteiger partial charge < -0.3 is 9.84 Å². The van der Waals surface area contributed by atoms with Crippen molar-refractivity contribution in [2.24, 2.45) is 0 Å². The van der Waals surface area contributed by atoms with E-state index in [0.29, 0.717) is 13.0 Å². The van der Waals surface area contributed by atoms with Gasteiger partial charge in [0, 0.05) is 13.0 Å². The smallest absolute Gasteiger partial charge is 0.305 e. The first-order valence-corrected chi connectivity index (χ1v) is 3.37. The summed E-state index contributed by atoms with van der Waals surface area (Å²) in [7, 11) is 0. The van der Waals surface area contributed by atoms with E-state index in [2.05, 4.69) is 11.7 Å². The van der Waals surface area contributed by atoms with E-state index < -0.39 is 0 Å². The van der Waals surface area contributed by atoms with Crippen molar-refractivity contribution < 1.29 is 14.6 Å². The van der Waals surface area contributed by atoms with Gasteiger partial charge in [0.2, 0.25) is 0 Å². The second kappa shape index (κ2) is 6.55. The van der Waals surface area contributed by atoms with Gasteiger partial charge in [-0.2, -0.15) is 0 Å². The molecule has 0 aliphatic rings. The van der Waals surface area contributed by atoms with Crippen LogP contribution in [0.1, 0.15) is 19.3 Å². The average molecular weight is 145 g/mol. The minimum Gasteiger partial charge on any atom is -0.466 e. The Morgan fingerprint density at radius 1 is 1.50 bits per heavy atom. The van der Waals surface area contributed by atoms with E-state index >= 15 is 0 Å². The molecule has 0 aromatic heterocycles. The van der Waals surface area contributed by atoms with Crippen molar-refractivity contribution in [3.05, 3.63) is 6.92 Å². The number of aliphatic hydroxyl groups excluding tert-OH is 1. The van der Waals surface area contributed by atoms with Crippen LogP contribution in [0.15, 0.2) is 0 Å². The normalized spacial score (nSPS) is 9.40. The summed E-state index contributed by atoms with van der Waals surface area (Å²) in [4.78, 5) is 10.4. The summed E-state index contributed by atoms with van der Waals surface area (Å²) >= 11 is 0. The fourth-order valence-corrected chi connectivity index (χ4v) is 0.472. The number of carbonyl (C=O) groups is 1. The van der Waals surface area contributed by atoms with Crippen molar-refractivity contribution in [1.82, 2.24) is 0 Å². The van der Waals surface area contributed by atoms with Gasteiger partial charge in [-0.25, -0.2) is 0 Å². The first-order valence-electron chi connectivity index (χ1n) is 3.37. The number of aliphatic hydroxyl groups is 1. The number of ether oxygens (including phenoxy) is 1. The van der Waals surface area contributed by atoms with Gasteiger partial charge in [0.25, 0.3) is 0 Å². The highest BCUT2D eigenvalue weighted by Crippen LogP contribution is 1.90. The molecule has 3 heteroatoms. The Kier molecular flexibility index (Phi) is 6.18. The lowest BCUT2D eigenvalue weighted by Gasteiger charge is -2.00. The molecule has 0 aliphatic heterocycles. The Balaban J connectivity index is 2.96. The lowest BCUT2D eigenvalue weighted by Crippen LogP contribution is -2.04. The Labute approximate surface area is 61.0 Å². The van der Waals surface area contributed by atoms with Gasteiger partial charge in [-0.15, -0.1) is 0 Å². The predicted molar refractivity (Wildman–Crippen MR) is 37.3 cm³/mol. The first kappa shape index (κ1) is 9.43. The summed E-state index contributed by atoms with van der Waals surface area (Å²) < 4.78 is 4.68. The molecular weight excluding hydrogens is 132 g/mol. The molecule has 0 saturated carbocycles.